The van der Waals surface area contributed by atoms with E-state index >= 15 is 0 Å². The summed E-state index contributed by atoms with van der Waals surface area (Å²) in [5, 5.41) is 2.18. The molecule has 1 aromatic heterocycles. The Hall–Kier alpha value is 0.140. The summed E-state index contributed by atoms with van der Waals surface area (Å²) in [7, 11) is 0. The van der Waals surface area contributed by atoms with E-state index in [2.05, 4.69) is 27.4 Å². The Balaban J connectivity index is 2.06. The molecule has 1 heterocycles. The molecule has 60 valence electrons. The zero-order chi connectivity index (χ0) is 7.90. The molecule has 1 aliphatic carbocycles. The molecule has 2 N–H and O–H groups in total. The van der Waals surface area contributed by atoms with Crippen LogP contribution in [0.2, 0.25) is 0 Å². The van der Waals surface area contributed by atoms with Gasteiger partial charge in [-0.3, -0.25) is 0 Å². The van der Waals surface area contributed by atoms with Gasteiger partial charge in [-0.15, -0.1) is 11.3 Å². The van der Waals surface area contributed by atoms with Gasteiger partial charge in [-0.05, 0) is 52.2 Å². The van der Waals surface area contributed by atoms with Crippen molar-refractivity contribution in [1.29, 1.82) is 0 Å². The lowest BCUT2D eigenvalue weighted by atomic mass is 10.1. The first-order valence-corrected chi connectivity index (χ1v) is 5.37. The van der Waals surface area contributed by atoms with Gasteiger partial charge in [0.25, 0.3) is 0 Å². The molecule has 3 heteroatoms. The van der Waals surface area contributed by atoms with Gasteiger partial charge in [0.1, 0.15) is 0 Å². The second-order valence-corrected chi connectivity index (χ2v) is 5.59. The summed E-state index contributed by atoms with van der Waals surface area (Å²) in [6.07, 6.45) is 3.44. The summed E-state index contributed by atoms with van der Waals surface area (Å²) in [5.41, 5.74) is 7.51. The molecule has 0 unspecified atom stereocenters. The Kier molecular flexibility index (Phi) is 1.82. The molecule has 1 aromatic rings. The maximum atomic E-state index is 5.98. The number of hydrogen-bond donors (Lipinski definition) is 1. The zero-order valence-electron chi connectivity index (χ0n) is 6.14. The Morgan fingerprint density at radius 2 is 2.36 bits per heavy atom. The van der Waals surface area contributed by atoms with Crippen molar-refractivity contribution in [3.05, 3.63) is 20.8 Å². The molecule has 11 heavy (non-hydrogen) atoms. The highest BCUT2D eigenvalue weighted by molar-refractivity contribution is 9.11. The Morgan fingerprint density at radius 1 is 1.64 bits per heavy atom. The maximum Gasteiger partial charge on any atom is 0.0701 e. The van der Waals surface area contributed by atoms with Gasteiger partial charge in [0.05, 0.1) is 3.79 Å². The van der Waals surface area contributed by atoms with E-state index in [4.69, 9.17) is 5.73 Å². The molecule has 0 bridgehead atoms. The standard InChI is InChI=1S/C8H10BrNS/c9-7-3-6(5-11-7)4-8(10)1-2-8/h3,5H,1-2,4,10H2. The van der Waals surface area contributed by atoms with Gasteiger partial charge in [0, 0.05) is 5.54 Å². The van der Waals surface area contributed by atoms with E-state index in [0.29, 0.717) is 0 Å². The van der Waals surface area contributed by atoms with Crippen molar-refractivity contribution in [3.8, 4) is 0 Å². The molecular weight excluding hydrogens is 222 g/mol. The summed E-state index contributed by atoms with van der Waals surface area (Å²) in [4.78, 5) is 0. The van der Waals surface area contributed by atoms with Gasteiger partial charge >= 0.3 is 0 Å². The van der Waals surface area contributed by atoms with E-state index in [1.54, 1.807) is 11.3 Å². The Morgan fingerprint density at radius 3 is 2.82 bits per heavy atom. The van der Waals surface area contributed by atoms with Crippen molar-refractivity contribution in [2.24, 2.45) is 5.73 Å². The second kappa shape index (κ2) is 2.57. The van der Waals surface area contributed by atoms with Crippen molar-refractivity contribution >= 4 is 27.3 Å². The van der Waals surface area contributed by atoms with E-state index in [1.807, 2.05) is 0 Å². The minimum absolute atomic E-state index is 0.153. The van der Waals surface area contributed by atoms with Crippen molar-refractivity contribution in [2.75, 3.05) is 0 Å². The number of hydrogen-bond acceptors (Lipinski definition) is 2. The average Bonchev–Trinajstić information content (AvgIpc) is 2.49. The fraction of sp³-hybridized carbons (Fsp3) is 0.500. The summed E-state index contributed by atoms with van der Waals surface area (Å²) < 4.78 is 1.21. The SMILES string of the molecule is NC1(Cc2csc(Br)c2)CC1. The largest absolute Gasteiger partial charge is 0.325 e. The van der Waals surface area contributed by atoms with Gasteiger partial charge in [-0.25, -0.2) is 0 Å². The highest BCUT2D eigenvalue weighted by Gasteiger charge is 2.38. The quantitative estimate of drug-likeness (QED) is 0.833. The Labute approximate surface area is 78.7 Å². The number of halogens is 1. The summed E-state index contributed by atoms with van der Waals surface area (Å²) in [6.45, 7) is 0. The topological polar surface area (TPSA) is 26.0 Å². The first kappa shape index (κ1) is 7.77. The molecule has 0 spiro atoms. The van der Waals surface area contributed by atoms with Gasteiger partial charge in [0.15, 0.2) is 0 Å². The Bertz CT molecular complexity index is 265. The molecule has 0 radical (unpaired) electrons. The first-order chi connectivity index (χ1) is 5.18. The van der Waals surface area contributed by atoms with Crippen LogP contribution >= 0.6 is 27.3 Å². The average molecular weight is 232 g/mol. The van der Waals surface area contributed by atoms with Crippen LogP contribution < -0.4 is 5.73 Å². The van der Waals surface area contributed by atoms with Crippen LogP contribution in [0.5, 0.6) is 0 Å². The van der Waals surface area contributed by atoms with Gasteiger partial charge in [-0.1, -0.05) is 0 Å². The third-order valence-corrected chi connectivity index (χ3v) is 3.62. The number of nitrogens with two attached hydrogens (primary N) is 1. The van der Waals surface area contributed by atoms with Crippen LogP contribution in [-0.2, 0) is 6.42 Å². The van der Waals surface area contributed by atoms with E-state index < -0.39 is 0 Å². The molecule has 0 aromatic carbocycles. The normalized spacial score (nSPS) is 20.2. The highest BCUT2D eigenvalue weighted by Crippen LogP contribution is 2.36. The molecule has 1 fully saturated rings. The van der Waals surface area contributed by atoms with Crippen molar-refractivity contribution in [2.45, 2.75) is 24.8 Å². The lowest BCUT2D eigenvalue weighted by Crippen LogP contribution is -2.24. The van der Waals surface area contributed by atoms with E-state index in [1.165, 1.54) is 22.2 Å². The predicted molar refractivity (Wildman–Crippen MR) is 51.9 cm³/mol. The van der Waals surface area contributed by atoms with Crippen molar-refractivity contribution in [1.82, 2.24) is 0 Å². The van der Waals surface area contributed by atoms with Crippen LogP contribution in [0.15, 0.2) is 15.2 Å². The van der Waals surface area contributed by atoms with Crippen LogP contribution in [0.25, 0.3) is 0 Å². The van der Waals surface area contributed by atoms with Crippen molar-refractivity contribution < 1.29 is 0 Å². The van der Waals surface area contributed by atoms with Gasteiger partial charge in [-0.2, -0.15) is 0 Å². The zero-order valence-corrected chi connectivity index (χ0v) is 8.54. The molecule has 1 aliphatic rings. The second-order valence-electron chi connectivity index (χ2n) is 3.30. The van der Waals surface area contributed by atoms with Gasteiger partial charge in [0.2, 0.25) is 0 Å². The lowest BCUT2D eigenvalue weighted by Gasteiger charge is -2.04. The first-order valence-electron chi connectivity index (χ1n) is 3.70. The van der Waals surface area contributed by atoms with Gasteiger partial charge < -0.3 is 5.73 Å². The fourth-order valence-corrected chi connectivity index (χ4v) is 2.39. The molecular formula is C8H10BrNS. The fourth-order valence-electron chi connectivity index (χ4n) is 1.18. The predicted octanol–water partition coefficient (Wildman–Crippen LogP) is 2.54. The van der Waals surface area contributed by atoms with Crippen LogP contribution in [0.3, 0.4) is 0 Å². The minimum Gasteiger partial charge on any atom is -0.325 e. The summed E-state index contributed by atoms with van der Waals surface area (Å²) in [5.74, 6) is 0. The number of thiophene rings is 1. The smallest absolute Gasteiger partial charge is 0.0701 e. The van der Waals surface area contributed by atoms with E-state index in [9.17, 15) is 0 Å². The third-order valence-electron chi connectivity index (χ3n) is 2.07. The molecule has 1 nitrogen and oxygen atoms in total. The van der Waals surface area contributed by atoms with Crippen LogP contribution in [0.4, 0.5) is 0 Å². The molecule has 0 amide bonds. The van der Waals surface area contributed by atoms with E-state index in [-0.39, 0.29) is 5.54 Å². The third kappa shape index (κ3) is 1.83. The highest BCUT2D eigenvalue weighted by atomic mass is 79.9. The monoisotopic (exact) mass is 231 g/mol. The number of rotatable bonds is 2. The maximum absolute atomic E-state index is 5.98. The molecule has 2 rings (SSSR count). The van der Waals surface area contributed by atoms with Crippen LogP contribution in [0, 0.1) is 0 Å². The van der Waals surface area contributed by atoms with Crippen LogP contribution in [-0.4, -0.2) is 5.54 Å². The van der Waals surface area contributed by atoms with Crippen LogP contribution in [0.1, 0.15) is 18.4 Å². The molecule has 0 saturated heterocycles. The van der Waals surface area contributed by atoms with Crippen molar-refractivity contribution in [3.63, 3.8) is 0 Å². The summed E-state index contributed by atoms with van der Waals surface area (Å²) in [6, 6.07) is 2.16. The van der Waals surface area contributed by atoms with E-state index in [0.717, 1.165) is 6.42 Å². The minimum atomic E-state index is 0.153. The molecule has 0 aliphatic heterocycles. The lowest BCUT2D eigenvalue weighted by molar-refractivity contribution is 0.673. The molecule has 0 atom stereocenters. The molecule has 1 saturated carbocycles. The summed E-state index contributed by atoms with van der Waals surface area (Å²) >= 11 is 5.17.